The molecule has 0 atom stereocenters. The van der Waals surface area contributed by atoms with Crippen molar-refractivity contribution in [3.05, 3.63) is 20.1 Å². The normalized spacial score (nSPS) is 2.57. The zero-order valence-electron chi connectivity index (χ0n) is 5.15. The van der Waals surface area contributed by atoms with Crippen molar-refractivity contribution in [1.29, 1.82) is 0 Å². The molecule has 0 aliphatic carbocycles. The minimum atomic E-state index is 0. The minimum Gasteiger partial charge on any atom is -0.372 e. The third-order valence-corrected chi connectivity index (χ3v) is 0. The molecule has 0 spiro atoms. The van der Waals surface area contributed by atoms with E-state index in [-0.39, 0.29) is 32.7 Å². The molecule has 0 bridgehead atoms. The molecule has 0 unspecified atom stereocenters. The molecule has 7 heavy (non-hydrogen) atoms. The molecule has 0 aromatic rings. The number of thiol groups is 1. The van der Waals surface area contributed by atoms with Crippen molar-refractivity contribution < 1.29 is 32.7 Å². The molecule has 0 fully saturated rings. The van der Waals surface area contributed by atoms with Crippen LogP contribution in [0, 0.1) is 20.1 Å². The van der Waals surface area contributed by atoms with Gasteiger partial charge in [-0.05, 0) is 0 Å². The maximum Gasteiger partial charge on any atom is 3.00 e. The van der Waals surface area contributed by atoms with Crippen LogP contribution >= 0.6 is 12.6 Å². The van der Waals surface area contributed by atoms with Gasteiger partial charge in [-0.1, -0.05) is 0 Å². The third-order valence-electron chi connectivity index (χ3n) is 0. The van der Waals surface area contributed by atoms with Gasteiger partial charge in [-0.15, -0.1) is 0 Å². The van der Waals surface area contributed by atoms with Gasteiger partial charge in [-0.3, -0.25) is 6.26 Å². The standard InChI is InChI=1S/2C2H5.CH3S.Y/c3*1-2;/h2*1H2,2H3;2H,1H2;/q3*-1;+3. The molecule has 0 radical (unpaired) electrons. The Hall–Kier alpha value is 1.45. The first-order valence-electron chi connectivity index (χ1n) is 1.73. The van der Waals surface area contributed by atoms with E-state index in [4.69, 9.17) is 0 Å². The van der Waals surface area contributed by atoms with Crippen LogP contribution in [0.5, 0.6) is 0 Å². The topological polar surface area (TPSA) is 0 Å². The van der Waals surface area contributed by atoms with Crippen LogP contribution in [0.4, 0.5) is 0 Å². The first kappa shape index (κ1) is 23.7. The van der Waals surface area contributed by atoms with Gasteiger partial charge in [0.15, 0.2) is 0 Å². The van der Waals surface area contributed by atoms with Gasteiger partial charge in [0, 0.05) is 0 Å². The zero-order valence-corrected chi connectivity index (χ0v) is 8.88. The van der Waals surface area contributed by atoms with Gasteiger partial charge in [0.2, 0.25) is 0 Å². The summed E-state index contributed by atoms with van der Waals surface area (Å²) in [6, 6.07) is 0. The third kappa shape index (κ3) is 105. The van der Waals surface area contributed by atoms with Crippen molar-refractivity contribution in [3.63, 3.8) is 0 Å². The maximum absolute atomic E-state index is 3.28. The Kier molecular flexibility index (Phi) is 497. The summed E-state index contributed by atoms with van der Waals surface area (Å²) in [5, 5.41) is 0. The summed E-state index contributed by atoms with van der Waals surface area (Å²) in [5.41, 5.74) is 0. The SMILES string of the molecule is [CH2-]C.[CH2-]C.[CH2-]S.[Y+3]. The van der Waals surface area contributed by atoms with Crippen molar-refractivity contribution in [1.82, 2.24) is 0 Å². The maximum atomic E-state index is 3.28. The van der Waals surface area contributed by atoms with Gasteiger partial charge in [0.05, 0.1) is 0 Å². The minimum absolute atomic E-state index is 0. The van der Waals surface area contributed by atoms with Crippen LogP contribution < -0.4 is 0 Å². The summed E-state index contributed by atoms with van der Waals surface area (Å²) in [6.45, 7) is 10.0. The number of rotatable bonds is 0. The average Bonchev–Trinajstić information content (AvgIpc) is 1.81. The second kappa shape index (κ2) is 147. The molecule has 2 heteroatoms. The van der Waals surface area contributed by atoms with Gasteiger partial charge < -0.3 is 26.5 Å². The monoisotopic (exact) mass is 194 g/mol. The van der Waals surface area contributed by atoms with E-state index in [2.05, 4.69) is 32.7 Å². The molecule has 0 heterocycles. The average molecular weight is 194 g/mol. The second-order valence-corrected chi connectivity index (χ2v) is 0. The fourth-order valence-corrected chi connectivity index (χ4v) is 0. The molecule has 0 N–H and O–H groups in total. The van der Waals surface area contributed by atoms with Crippen molar-refractivity contribution in [2.24, 2.45) is 0 Å². The summed E-state index contributed by atoms with van der Waals surface area (Å²) < 4.78 is 0. The van der Waals surface area contributed by atoms with Crippen molar-refractivity contribution in [3.8, 4) is 0 Å². The second-order valence-electron chi connectivity index (χ2n) is 0. The van der Waals surface area contributed by atoms with E-state index in [1.165, 1.54) is 0 Å². The van der Waals surface area contributed by atoms with E-state index in [0.717, 1.165) is 0 Å². The Bertz CT molecular complexity index is 8.04. The molecule has 0 aromatic heterocycles. The van der Waals surface area contributed by atoms with Gasteiger partial charge in [-0.2, -0.15) is 13.8 Å². The van der Waals surface area contributed by atoms with Crippen LogP contribution in [0.1, 0.15) is 13.8 Å². The van der Waals surface area contributed by atoms with Gasteiger partial charge in [-0.25, -0.2) is 0 Å². The first-order chi connectivity index (χ1) is 3.00. The van der Waals surface area contributed by atoms with E-state index >= 15 is 0 Å². The van der Waals surface area contributed by atoms with Crippen LogP contribution in [0.2, 0.25) is 0 Å². The Morgan fingerprint density at radius 3 is 0.857 bits per heavy atom. The zero-order chi connectivity index (χ0) is 6.00. The first-order valence-corrected chi connectivity index (χ1v) is 2.36. The van der Waals surface area contributed by atoms with E-state index in [1.807, 2.05) is 0 Å². The van der Waals surface area contributed by atoms with Crippen molar-refractivity contribution in [2.45, 2.75) is 13.8 Å². The van der Waals surface area contributed by atoms with Crippen LogP contribution in [-0.2, 0) is 32.7 Å². The largest absolute Gasteiger partial charge is 3.00 e. The van der Waals surface area contributed by atoms with Crippen LogP contribution in [-0.4, -0.2) is 0 Å². The molecular formula is C5H13SY. The van der Waals surface area contributed by atoms with E-state index in [9.17, 15) is 0 Å². The van der Waals surface area contributed by atoms with Crippen LogP contribution in [0.3, 0.4) is 0 Å². The number of hydrogen-bond donors (Lipinski definition) is 1. The van der Waals surface area contributed by atoms with E-state index in [1.54, 1.807) is 13.8 Å². The quantitative estimate of drug-likeness (QED) is 0.444. The van der Waals surface area contributed by atoms with Crippen LogP contribution in [0.15, 0.2) is 0 Å². The summed E-state index contributed by atoms with van der Waals surface area (Å²) in [4.78, 5) is 0. The van der Waals surface area contributed by atoms with E-state index < -0.39 is 0 Å². The van der Waals surface area contributed by atoms with Crippen molar-refractivity contribution >= 4 is 12.6 Å². The van der Waals surface area contributed by atoms with E-state index in [0.29, 0.717) is 0 Å². The molecule has 0 aliphatic heterocycles. The smallest absolute Gasteiger partial charge is 0.372 e. The molecule has 0 aliphatic rings. The summed E-state index contributed by atoms with van der Waals surface area (Å²) in [5.74, 6) is 0. The predicted molar refractivity (Wildman–Crippen MR) is 36.4 cm³/mol. The molecule has 0 amide bonds. The summed E-state index contributed by atoms with van der Waals surface area (Å²) >= 11 is 3.28. The predicted octanol–water partition coefficient (Wildman–Crippen LogP) is 2.39. The molecule has 42 valence electrons. The summed E-state index contributed by atoms with van der Waals surface area (Å²) in [7, 11) is 0. The molecule has 0 nitrogen and oxygen atoms in total. The molecule has 0 rings (SSSR count). The summed E-state index contributed by atoms with van der Waals surface area (Å²) in [6.07, 6.45) is 2.94. The Balaban J connectivity index is -0.00000000900. The Morgan fingerprint density at radius 2 is 0.857 bits per heavy atom. The van der Waals surface area contributed by atoms with Gasteiger partial charge >= 0.3 is 32.7 Å². The fraction of sp³-hybridized carbons (Fsp3) is 0.400. The molecule has 0 saturated carbocycles. The van der Waals surface area contributed by atoms with Gasteiger partial charge in [0.25, 0.3) is 0 Å². The Labute approximate surface area is 78.7 Å². The molecule has 0 aromatic carbocycles. The molecule has 0 saturated heterocycles. The van der Waals surface area contributed by atoms with Crippen molar-refractivity contribution in [2.75, 3.05) is 0 Å². The van der Waals surface area contributed by atoms with Gasteiger partial charge in [0.1, 0.15) is 0 Å². The Morgan fingerprint density at radius 1 is 0.857 bits per heavy atom. The molecular weight excluding hydrogens is 181 g/mol. The fourth-order valence-electron chi connectivity index (χ4n) is 0. The van der Waals surface area contributed by atoms with Crippen LogP contribution in [0.25, 0.3) is 0 Å². The number of hydrogen-bond acceptors (Lipinski definition) is 1.